The van der Waals surface area contributed by atoms with Crippen molar-refractivity contribution in [1.29, 1.82) is 0 Å². The van der Waals surface area contributed by atoms with E-state index in [1.54, 1.807) is 0 Å². The minimum atomic E-state index is -4.96. The number of ether oxygens (including phenoxy) is 4. The summed E-state index contributed by atoms with van der Waals surface area (Å²) in [4.78, 5) is 72.3. The van der Waals surface area contributed by atoms with Gasteiger partial charge in [-0.15, -0.1) is 0 Å². The van der Waals surface area contributed by atoms with Crippen molar-refractivity contribution >= 4 is 39.5 Å². The molecule has 0 spiro atoms. The van der Waals surface area contributed by atoms with Crippen LogP contribution in [0.25, 0.3) is 0 Å². The van der Waals surface area contributed by atoms with Gasteiger partial charge in [0.1, 0.15) is 19.3 Å². The first-order valence-corrected chi connectivity index (χ1v) is 37.7. The molecule has 512 valence electrons. The second-order valence-corrected chi connectivity index (χ2v) is 28.2. The Kier molecular flexibility index (Phi) is 57.0. The Bertz CT molecular complexity index is 1810. The quantitative estimate of drug-likeness (QED) is 0.0169. The molecular formula is C68H128O17P2. The Hall–Kier alpha value is -2.46. The number of unbranched alkanes of at least 4 members (excludes halogenated alkanes) is 29. The van der Waals surface area contributed by atoms with E-state index >= 15 is 0 Å². The smallest absolute Gasteiger partial charge is 0.462 e. The number of hydrogen-bond acceptors (Lipinski definition) is 15. The molecule has 0 bridgehead atoms. The Balaban J connectivity index is 5.26. The van der Waals surface area contributed by atoms with Crippen molar-refractivity contribution in [3.8, 4) is 0 Å². The van der Waals surface area contributed by atoms with Gasteiger partial charge < -0.3 is 33.8 Å². The van der Waals surface area contributed by atoms with Crippen LogP contribution in [0.15, 0.2) is 24.3 Å². The number of carbonyl (C=O) groups excluding carboxylic acids is 4. The Morgan fingerprint density at radius 3 is 0.931 bits per heavy atom. The molecule has 0 aromatic heterocycles. The third kappa shape index (κ3) is 62.1. The molecule has 0 aliphatic rings. The first kappa shape index (κ1) is 84.5. The Morgan fingerprint density at radius 1 is 0.356 bits per heavy atom. The fourth-order valence-electron chi connectivity index (χ4n) is 9.65. The van der Waals surface area contributed by atoms with E-state index in [-0.39, 0.29) is 25.7 Å². The van der Waals surface area contributed by atoms with E-state index in [0.717, 1.165) is 121 Å². The van der Waals surface area contributed by atoms with Gasteiger partial charge in [-0.1, -0.05) is 259 Å². The molecule has 2 unspecified atom stereocenters. The summed E-state index contributed by atoms with van der Waals surface area (Å²) in [6.07, 6.45) is 44.2. The predicted molar refractivity (Wildman–Crippen MR) is 349 cm³/mol. The van der Waals surface area contributed by atoms with E-state index in [0.29, 0.717) is 37.5 Å². The minimum Gasteiger partial charge on any atom is -0.462 e. The Labute approximate surface area is 529 Å². The van der Waals surface area contributed by atoms with Gasteiger partial charge in [0.2, 0.25) is 0 Å². The number of rotatable bonds is 64. The van der Waals surface area contributed by atoms with Crippen LogP contribution in [0, 0.1) is 17.8 Å². The number of allylic oxidation sites excluding steroid dienone is 4. The average Bonchev–Trinajstić information content (AvgIpc) is 3.65. The molecule has 5 atom stereocenters. The first-order chi connectivity index (χ1) is 41.7. The molecule has 0 amide bonds. The predicted octanol–water partition coefficient (Wildman–Crippen LogP) is 18.6. The van der Waals surface area contributed by atoms with Gasteiger partial charge >= 0.3 is 39.5 Å². The molecule has 0 fully saturated rings. The second kappa shape index (κ2) is 58.6. The van der Waals surface area contributed by atoms with E-state index in [1.807, 2.05) is 0 Å². The van der Waals surface area contributed by atoms with Gasteiger partial charge in [-0.2, -0.15) is 0 Å². The van der Waals surface area contributed by atoms with Crippen molar-refractivity contribution in [3.05, 3.63) is 24.3 Å². The normalized spacial score (nSPS) is 14.4. The maximum atomic E-state index is 13.0. The highest BCUT2D eigenvalue weighted by molar-refractivity contribution is 7.47. The van der Waals surface area contributed by atoms with Crippen LogP contribution in [-0.4, -0.2) is 96.7 Å². The van der Waals surface area contributed by atoms with Gasteiger partial charge in [-0.25, -0.2) is 9.13 Å². The second-order valence-electron chi connectivity index (χ2n) is 25.3. The van der Waals surface area contributed by atoms with Crippen molar-refractivity contribution in [1.82, 2.24) is 0 Å². The zero-order valence-electron chi connectivity index (χ0n) is 56.0. The molecule has 0 aromatic carbocycles. The van der Waals surface area contributed by atoms with E-state index in [9.17, 15) is 43.2 Å². The lowest BCUT2D eigenvalue weighted by Gasteiger charge is -2.21. The number of hydrogen-bond donors (Lipinski definition) is 3. The van der Waals surface area contributed by atoms with E-state index in [1.165, 1.54) is 96.3 Å². The summed E-state index contributed by atoms with van der Waals surface area (Å²) >= 11 is 0. The van der Waals surface area contributed by atoms with Crippen molar-refractivity contribution in [2.45, 2.75) is 330 Å². The minimum absolute atomic E-state index is 0.0833. The standard InChI is InChI=1S/C68H128O17P2/c1-8-9-10-11-12-13-14-15-16-17-20-23-26-37-44-51-67(72)84-63(55-78-65(70)49-42-35-30-28-33-40-47-60(4)5)57-82-86(74,75)80-53-62(69)54-81-87(76,77)83-58-64(56-79-66(71)50-43-36-31-29-34-41-48-61(6)7)85-68(73)52-45-38-27-24-21-18-19-22-25-32-39-46-59(2)3/h13-16,59-64,69H,8-12,17-58H2,1-7H3,(H,74,75)(H,76,77)/b14-13-,16-15-/t62-,63+,64+/m0/s1. The van der Waals surface area contributed by atoms with E-state index < -0.39 is 97.5 Å². The Morgan fingerprint density at radius 2 is 0.621 bits per heavy atom. The molecule has 0 aliphatic carbocycles. The highest BCUT2D eigenvalue weighted by atomic mass is 31.2. The van der Waals surface area contributed by atoms with E-state index in [2.05, 4.69) is 72.8 Å². The van der Waals surface area contributed by atoms with Crippen LogP contribution in [-0.2, 0) is 65.4 Å². The van der Waals surface area contributed by atoms with Crippen LogP contribution in [0.2, 0.25) is 0 Å². The zero-order valence-corrected chi connectivity index (χ0v) is 57.7. The molecule has 3 N–H and O–H groups in total. The highest BCUT2D eigenvalue weighted by Gasteiger charge is 2.30. The van der Waals surface area contributed by atoms with E-state index in [4.69, 9.17) is 37.0 Å². The average molecular weight is 1280 g/mol. The largest absolute Gasteiger partial charge is 0.472 e. The highest BCUT2D eigenvalue weighted by Crippen LogP contribution is 2.45. The molecule has 0 aliphatic heterocycles. The molecule has 0 heterocycles. The lowest BCUT2D eigenvalue weighted by molar-refractivity contribution is -0.161. The fourth-order valence-corrected chi connectivity index (χ4v) is 11.2. The van der Waals surface area contributed by atoms with Gasteiger partial charge in [0.15, 0.2) is 12.2 Å². The van der Waals surface area contributed by atoms with Crippen LogP contribution < -0.4 is 0 Å². The zero-order chi connectivity index (χ0) is 64.5. The van der Waals surface area contributed by atoms with Crippen molar-refractivity contribution < 1.29 is 80.2 Å². The number of esters is 4. The third-order valence-corrected chi connectivity index (χ3v) is 16.9. The summed E-state index contributed by atoms with van der Waals surface area (Å²) in [5.41, 5.74) is 0. The number of phosphoric ester groups is 2. The van der Waals surface area contributed by atoms with Crippen molar-refractivity contribution in [2.24, 2.45) is 17.8 Å². The molecular weight excluding hydrogens is 1150 g/mol. The first-order valence-electron chi connectivity index (χ1n) is 34.7. The van der Waals surface area contributed by atoms with Gasteiger partial charge in [0.05, 0.1) is 26.4 Å². The maximum Gasteiger partial charge on any atom is 0.472 e. The molecule has 0 rings (SSSR count). The van der Waals surface area contributed by atoms with Gasteiger partial charge in [-0.05, 0) is 69.1 Å². The van der Waals surface area contributed by atoms with Crippen LogP contribution in [0.1, 0.15) is 312 Å². The molecule has 0 saturated carbocycles. The maximum absolute atomic E-state index is 13.0. The summed E-state index contributed by atoms with van der Waals surface area (Å²) < 4.78 is 68.1. The third-order valence-electron chi connectivity index (χ3n) is 15.0. The molecule has 0 aromatic rings. The number of aliphatic hydroxyl groups is 1. The lowest BCUT2D eigenvalue weighted by Crippen LogP contribution is -2.30. The van der Waals surface area contributed by atoms with Gasteiger partial charge in [0, 0.05) is 25.7 Å². The number of phosphoric acid groups is 2. The van der Waals surface area contributed by atoms with Crippen LogP contribution in [0.4, 0.5) is 0 Å². The topological polar surface area (TPSA) is 237 Å². The molecule has 0 radical (unpaired) electrons. The van der Waals surface area contributed by atoms with Crippen LogP contribution in [0.3, 0.4) is 0 Å². The number of carbonyl (C=O) groups is 4. The molecule has 19 heteroatoms. The summed E-state index contributed by atoms with van der Waals surface area (Å²) in [5.74, 6) is -0.0470. The van der Waals surface area contributed by atoms with Crippen LogP contribution in [0.5, 0.6) is 0 Å². The lowest BCUT2D eigenvalue weighted by atomic mass is 10.0. The van der Waals surface area contributed by atoms with Crippen molar-refractivity contribution in [3.63, 3.8) is 0 Å². The van der Waals surface area contributed by atoms with Crippen LogP contribution >= 0.6 is 15.6 Å². The summed E-state index contributed by atoms with van der Waals surface area (Å²) in [5, 5.41) is 10.6. The van der Waals surface area contributed by atoms with Gasteiger partial charge in [0.25, 0.3) is 0 Å². The fraction of sp³-hybridized carbons (Fsp3) is 0.882. The van der Waals surface area contributed by atoms with Crippen molar-refractivity contribution in [2.75, 3.05) is 39.6 Å². The number of aliphatic hydroxyl groups excluding tert-OH is 1. The molecule has 0 saturated heterocycles. The molecule has 87 heavy (non-hydrogen) atoms. The summed E-state index contributed by atoms with van der Waals surface area (Å²) in [6.45, 7) is 11.6. The monoisotopic (exact) mass is 1280 g/mol. The SMILES string of the molecule is CCCCCC/C=C\C=C/CCCCCCCC(=O)O[C@H](COC(=O)CCCCCCCCC(C)C)COP(=O)(O)OC[C@H](O)COP(=O)(O)OC[C@@H](COC(=O)CCCCCCCCC(C)C)OC(=O)CCCCCCCCCCCCCC(C)C. The summed E-state index contributed by atoms with van der Waals surface area (Å²) in [6, 6.07) is 0. The molecule has 17 nitrogen and oxygen atoms in total. The van der Waals surface area contributed by atoms with Gasteiger partial charge in [-0.3, -0.25) is 37.3 Å². The summed E-state index contributed by atoms with van der Waals surface area (Å²) in [7, 11) is -9.91.